The molecule has 0 atom stereocenters. The molecule has 0 radical (unpaired) electrons. The molecule has 0 unspecified atom stereocenters. The minimum Gasteiger partial charge on any atom is -0.369 e. The molecule has 0 aromatic heterocycles. The fourth-order valence-electron chi connectivity index (χ4n) is 2.60. The summed E-state index contributed by atoms with van der Waals surface area (Å²) in [4.78, 5) is 24.8. The molecule has 2 rings (SSSR count). The predicted octanol–water partition coefficient (Wildman–Crippen LogP) is 1.98. The molecule has 0 aliphatic carbocycles. The molecule has 2 amide bonds. The summed E-state index contributed by atoms with van der Waals surface area (Å²) < 4.78 is 51.1. The van der Waals surface area contributed by atoms with Gasteiger partial charge in [-0.15, -0.1) is 0 Å². The predicted molar refractivity (Wildman–Crippen MR) is 78.4 cm³/mol. The van der Waals surface area contributed by atoms with Crippen molar-refractivity contribution in [1.29, 1.82) is 0 Å². The topological polar surface area (TPSA) is 75.4 Å². The first-order valence-corrected chi connectivity index (χ1v) is 7.35. The van der Waals surface area contributed by atoms with Crippen molar-refractivity contribution in [2.75, 3.05) is 25.0 Å². The SMILES string of the molecule is NC(=O)C1CCN(CC(=O)Nc2ccc(F)c(C(F)(F)F)c2)CC1. The van der Waals surface area contributed by atoms with Crippen molar-refractivity contribution in [3.8, 4) is 0 Å². The average molecular weight is 347 g/mol. The lowest BCUT2D eigenvalue weighted by molar-refractivity contribution is -0.140. The molecule has 1 aromatic carbocycles. The number of carbonyl (C=O) groups excluding carboxylic acids is 2. The van der Waals surface area contributed by atoms with Gasteiger partial charge in [0.25, 0.3) is 0 Å². The standard InChI is InChI=1S/C15H17F4N3O2/c16-12-2-1-10(7-11(12)15(17,18)19)21-13(23)8-22-5-3-9(4-6-22)14(20)24/h1-2,7,9H,3-6,8H2,(H2,20,24)(H,21,23). The van der Waals surface area contributed by atoms with E-state index in [0.29, 0.717) is 38.1 Å². The number of alkyl halides is 3. The molecular weight excluding hydrogens is 330 g/mol. The van der Waals surface area contributed by atoms with Gasteiger partial charge >= 0.3 is 6.18 Å². The zero-order valence-electron chi connectivity index (χ0n) is 12.7. The van der Waals surface area contributed by atoms with Gasteiger partial charge in [-0.05, 0) is 44.1 Å². The van der Waals surface area contributed by atoms with Crippen LogP contribution in [0.25, 0.3) is 0 Å². The number of amides is 2. The molecule has 1 aromatic rings. The van der Waals surface area contributed by atoms with Gasteiger partial charge in [0.1, 0.15) is 5.82 Å². The van der Waals surface area contributed by atoms with Crippen molar-refractivity contribution in [3.05, 3.63) is 29.6 Å². The first-order chi connectivity index (χ1) is 11.2. The van der Waals surface area contributed by atoms with Crippen LogP contribution in [0.4, 0.5) is 23.2 Å². The second-order valence-corrected chi connectivity index (χ2v) is 5.69. The number of nitrogens with zero attached hydrogens (tertiary/aromatic N) is 1. The summed E-state index contributed by atoms with van der Waals surface area (Å²) >= 11 is 0. The van der Waals surface area contributed by atoms with E-state index in [-0.39, 0.29) is 24.1 Å². The second-order valence-electron chi connectivity index (χ2n) is 5.69. The molecule has 132 valence electrons. The van der Waals surface area contributed by atoms with E-state index >= 15 is 0 Å². The van der Waals surface area contributed by atoms with Crippen molar-refractivity contribution in [3.63, 3.8) is 0 Å². The Hall–Kier alpha value is -2.16. The summed E-state index contributed by atoms with van der Waals surface area (Å²) in [6, 6.07) is 2.30. The fourth-order valence-corrected chi connectivity index (χ4v) is 2.60. The first-order valence-electron chi connectivity index (χ1n) is 7.35. The zero-order chi connectivity index (χ0) is 17.9. The lowest BCUT2D eigenvalue weighted by atomic mass is 9.96. The maximum atomic E-state index is 13.2. The Morgan fingerprint density at radius 1 is 1.25 bits per heavy atom. The number of nitrogens with two attached hydrogens (primary N) is 1. The van der Waals surface area contributed by atoms with Crippen molar-refractivity contribution in [2.24, 2.45) is 11.7 Å². The number of nitrogens with one attached hydrogen (secondary N) is 1. The number of anilines is 1. The van der Waals surface area contributed by atoms with Crippen LogP contribution in [0.1, 0.15) is 18.4 Å². The number of primary amides is 1. The maximum absolute atomic E-state index is 13.2. The summed E-state index contributed by atoms with van der Waals surface area (Å²) in [6.07, 6.45) is -3.75. The summed E-state index contributed by atoms with van der Waals surface area (Å²) in [7, 11) is 0. The van der Waals surface area contributed by atoms with Gasteiger partial charge in [0.15, 0.2) is 0 Å². The molecule has 0 bridgehead atoms. The van der Waals surface area contributed by atoms with Gasteiger partial charge in [-0.2, -0.15) is 13.2 Å². The maximum Gasteiger partial charge on any atom is 0.419 e. The third kappa shape index (κ3) is 4.67. The molecule has 1 aliphatic rings. The Morgan fingerprint density at radius 2 is 1.88 bits per heavy atom. The molecular formula is C15H17F4N3O2. The van der Waals surface area contributed by atoms with Crippen LogP contribution in [0.5, 0.6) is 0 Å². The number of piperidine rings is 1. The normalized spacial score (nSPS) is 16.8. The number of benzene rings is 1. The van der Waals surface area contributed by atoms with Crippen LogP contribution in [0.15, 0.2) is 18.2 Å². The molecule has 3 N–H and O–H groups in total. The number of rotatable bonds is 4. The minimum absolute atomic E-state index is 0.0236. The molecule has 9 heteroatoms. The van der Waals surface area contributed by atoms with E-state index in [0.717, 1.165) is 6.07 Å². The highest BCUT2D eigenvalue weighted by molar-refractivity contribution is 5.92. The van der Waals surface area contributed by atoms with Crippen molar-refractivity contribution < 1.29 is 27.2 Å². The Kier molecular flexibility index (Phi) is 5.43. The van der Waals surface area contributed by atoms with Crippen molar-refractivity contribution in [1.82, 2.24) is 4.90 Å². The van der Waals surface area contributed by atoms with E-state index in [1.807, 2.05) is 0 Å². The average Bonchev–Trinajstić information content (AvgIpc) is 2.48. The monoisotopic (exact) mass is 347 g/mol. The zero-order valence-corrected chi connectivity index (χ0v) is 12.7. The van der Waals surface area contributed by atoms with Crippen LogP contribution in [-0.4, -0.2) is 36.3 Å². The van der Waals surface area contributed by atoms with Crippen LogP contribution in [0.2, 0.25) is 0 Å². The summed E-state index contributed by atoms with van der Waals surface area (Å²) in [5.74, 6) is -2.48. The Morgan fingerprint density at radius 3 is 2.42 bits per heavy atom. The quantitative estimate of drug-likeness (QED) is 0.818. The lowest BCUT2D eigenvalue weighted by Crippen LogP contribution is -2.42. The third-order valence-corrected chi connectivity index (χ3v) is 3.91. The van der Waals surface area contributed by atoms with E-state index < -0.39 is 23.5 Å². The molecule has 24 heavy (non-hydrogen) atoms. The number of likely N-dealkylation sites (tertiary alicyclic amines) is 1. The number of hydrogen-bond donors (Lipinski definition) is 2. The molecule has 0 saturated carbocycles. The molecule has 0 spiro atoms. The third-order valence-electron chi connectivity index (χ3n) is 3.91. The van der Waals surface area contributed by atoms with E-state index in [4.69, 9.17) is 5.73 Å². The molecule has 1 saturated heterocycles. The Labute approximate surface area is 135 Å². The van der Waals surface area contributed by atoms with Gasteiger partial charge in [0.05, 0.1) is 12.1 Å². The highest BCUT2D eigenvalue weighted by Crippen LogP contribution is 2.33. The fraction of sp³-hybridized carbons (Fsp3) is 0.467. The van der Waals surface area contributed by atoms with Gasteiger partial charge in [0.2, 0.25) is 11.8 Å². The van der Waals surface area contributed by atoms with Gasteiger partial charge < -0.3 is 11.1 Å². The molecule has 5 nitrogen and oxygen atoms in total. The van der Waals surface area contributed by atoms with Crippen LogP contribution < -0.4 is 11.1 Å². The minimum atomic E-state index is -4.83. The highest BCUT2D eigenvalue weighted by Gasteiger charge is 2.34. The molecule has 1 fully saturated rings. The van der Waals surface area contributed by atoms with Gasteiger partial charge in [-0.3, -0.25) is 14.5 Å². The van der Waals surface area contributed by atoms with Crippen molar-refractivity contribution >= 4 is 17.5 Å². The van der Waals surface area contributed by atoms with Gasteiger partial charge in [0, 0.05) is 11.6 Å². The number of halogens is 4. The second kappa shape index (κ2) is 7.16. The lowest BCUT2D eigenvalue weighted by Gasteiger charge is -2.29. The number of carbonyl (C=O) groups is 2. The van der Waals surface area contributed by atoms with E-state index in [9.17, 15) is 27.2 Å². The summed E-state index contributed by atoms with van der Waals surface area (Å²) in [6.45, 7) is 0.973. The summed E-state index contributed by atoms with van der Waals surface area (Å²) in [5.41, 5.74) is 3.67. The van der Waals surface area contributed by atoms with Crippen LogP contribution in [-0.2, 0) is 15.8 Å². The Bertz CT molecular complexity index is 626. The van der Waals surface area contributed by atoms with Crippen LogP contribution >= 0.6 is 0 Å². The van der Waals surface area contributed by atoms with Crippen LogP contribution in [0.3, 0.4) is 0 Å². The summed E-state index contributed by atoms with van der Waals surface area (Å²) in [5, 5.41) is 2.32. The molecule has 1 aliphatic heterocycles. The van der Waals surface area contributed by atoms with E-state index in [1.165, 1.54) is 0 Å². The smallest absolute Gasteiger partial charge is 0.369 e. The van der Waals surface area contributed by atoms with E-state index in [1.54, 1.807) is 4.90 Å². The Balaban J connectivity index is 1.93. The van der Waals surface area contributed by atoms with Crippen LogP contribution in [0, 0.1) is 11.7 Å². The largest absolute Gasteiger partial charge is 0.419 e. The van der Waals surface area contributed by atoms with Gasteiger partial charge in [-0.25, -0.2) is 4.39 Å². The van der Waals surface area contributed by atoms with Crippen molar-refractivity contribution in [2.45, 2.75) is 19.0 Å². The number of hydrogen-bond acceptors (Lipinski definition) is 3. The van der Waals surface area contributed by atoms with Gasteiger partial charge in [-0.1, -0.05) is 0 Å². The van der Waals surface area contributed by atoms with E-state index in [2.05, 4.69) is 5.32 Å². The highest BCUT2D eigenvalue weighted by atomic mass is 19.4. The first kappa shape index (κ1) is 18.2. The molecule has 1 heterocycles.